The first-order valence-corrected chi connectivity index (χ1v) is 5.74. The van der Waals surface area contributed by atoms with Gasteiger partial charge in [0.1, 0.15) is 5.02 Å². The third-order valence-electron chi connectivity index (χ3n) is 2.20. The quantitative estimate of drug-likeness (QED) is 0.398. The van der Waals surface area contributed by atoms with E-state index in [0.29, 0.717) is 23.3 Å². The highest BCUT2D eigenvalue weighted by molar-refractivity contribution is 6.32. The molecule has 0 radical (unpaired) electrons. The molecule has 4 N–H and O–H groups in total. The Morgan fingerprint density at radius 3 is 3.06 bits per heavy atom. The van der Waals surface area contributed by atoms with Crippen LogP contribution in [0.4, 0.5) is 11.8 Å². The molecule has 18 heavy (non-hydrogen) atoms. The summed E-state index contributed by atoms with van der Waals surface area (Å²) in [5, 5.41) is 11.2. The molecule has 96 valence electrons. The predicted octanol–water partition coefficient (Wildman–Crippen LogP) is 0.509. The summed E-state index contributed by atoms with van der Waals surface area (Å²) in [7, 11) is 0. The van der Waals surface area contributed by atoms with Crippen molar-refractivity contribution in [3.8, 4) is 0 Å². The number of aromatic nitrogens is 5. The van der Waals surface area contributed by atoms with Crippen molar-refractivity contribution in [2.75, 3.05) is 17.3 Å². The summed E-state index contributed by atoms with van der Waals surface area (Å²) in [4.78, 5) is 7.99. The summed E-state index contributed by atoms with van der Waals surface area (Å²) in [5.74, 6) is 6.10. The number of hydrogen-bond acceptors (Lipinski definition) is 7. The van der Waals surface area contributed by atoms with Crippen LogP contribution in [-0.2, 0) is 6.54 Å². The van der Waals surface area contributed by atoms with Gasteiger partial charge >= 0.3 is 0 Å². The molecule has 0 fully saturated rings. The molecule has 0 aliphatic heterocycles. The van der Waals surface area contributed by atoms with Crippen LogP contribution in [0.15, 0.2) is 18.6 Å². The van der Waals surface area contributed by atoms with Crippen molar-refractivity contribution in [2.45, 2.75) is 13.0 Å². The second kappa shape index (κ2) is 6.12. The van der Waals surface area contributed by atoms with Crippen molar-refractivity contribution in [3.05, 3.63) is 23.6 Å². The van der Waals surface area contributed by atoms with Crippen LogP contribution < -0.4 is 16.6 Å². The van der Waals surface area contributed by atoms with E-state index in [1.165, 1.54) is 6.20 Å². The molecule has 0 amide bonds. The zero-order valence-corrected chi connectivity index (χ0v) is 10.3. The first kappa shape index (κ1) is 12.5. The Balaban J connectivity index is 1.82. The maximum atomic E-state index is 5.95. The van der Waals surface area contributed by atoms with E-state index in [9.17, 15) is 0 Å². The van der Waals surface area contributed by atoms with Crippen molar-refractivity contribution in [1.82, 2.24) is 25.0 Å². The Hall–Kier alpha value is -1.93. The van der Waals surface area contributed by atoms with Gasteiger partial charge in [0, 0.05) is 19.3 Å². The average molecular weight is 269 g/mol. The third-order valence-corrected chi connectivity index (χ3v) is 2.48. The average Bonchev–Trinajstić information content (AvgIpc) is 2.89. The fourth-order valence-electron chi connectivity index (χ4n) is 1.36. The summed E-state index contributed by atoms with van der Waals surface area (Å²) in [6.07, 6.45) is 5.82. The molecule has 8 nitrogen and oxygen atoms in total. The van der Waals surface area contributed by atoms with Crippen LogP contribution in [0.25, 0.3) is 0 Å². The van der Waals surface area contributed by atoms with Crippen LogP contribution >= 0.6 is 11.6 Å². The third kappa shape index (κ3) is 3.28. The van der Waals surface area contributed by atoms with Gasteiger partial charge in [-0.1, -0.05) is 16.8 Å². The number of hydrogen-bond donors (Lipinski definition) is 3. The van der Waals surface area contributed by atoms with Crippen molar-refractivity contribution in [3.63, 3.8) is 0 Å². The number of hydrazine groups is 1. The van der Waals surface area contributed by atoms with E-state index in [1.807, 2.05) is 6.20 Å². The van der Waals surface area contributed by atoms with Crippen LogP contribution in [-0.4, -0.2) is 31.5 Å². The van der Waals surface area contributed by atoms with Gasteiger partial charge in [-0.25, -0.2) is 10.8 Å². The lowest BCUT2D eigenvalue weighted by atomic mass is 10.4. The largest absolute Gasteiger partial charge is 0.369 e. The normalized spacial score (nSPS) is 10.3. The Morgan fingerprint density at radius 1 is 1.44 bits per heavy atom. The van der Waals surface area contributed by atoms with Crippen LogP contribution in [0, 0.1) is 0 Å². The Morgan fingerprint density at radius 2 is 2.33 bits per heavy atom. The molecule has 9 heteroatoms. The van der Waals surface area contributed by atoms with E-state index in [-0.39, 0.29) is 0 Å². The van der Waals surface area contributed by atoms with Gasteiger partial charge in [-0.05, 0) is 6.42 Å². The number of rotatable bonds is 6. The molecule has 0 atom stereocenters. The van der Waals surface area contributed by atoms with Gasteiger partial charge in [0.2, 0.25) is 5.95 Å². The molecule has 0 bridgehead atoms. The van der Waals surface area contributed by atoms with Gasteiger partial charge in [0.05, 0.1) is 12.4 Å². The highest BCUT2D eigenvalue weighted by Crippen LogP contribution is 2.18. The van der Waals surface area contributed by atoms with Gasteiger partial charge in [0.25, 0.3) is 0 Å². The molecular weight excluding hydrogens is 256 g/mol. The highest BCUT2D eigenvalue weighted by atomic mass is 35.5. The standard InChI is InChI=1S/C9H13ClN8/c10-7-6-13-9(16-11)15-8(7)12-2-1-4-18-5-3-14-17-18/h3,5-6H,1-2,4,11H2,(H2,12,13,15,16). The summed E-state index contributed by atoms with van der Waals surface area (Å²) in [6.45, 7) is 1.48. The molecule has 0 aliphatic carbocycles. The summed E-state index contributed by atoms with van der Waals surface area (Å²) in [5.41, 5.74) is 2.36. The molecule has 0 spiro atoms. The molecule has 0 saturated heterocycles. The lowest BCUT2D eigenvalue weighted by molar-refractivity contribution is 0.569. The Bertz CT molecular complexity index is 485. The minimum absolute atomic E-state index is 0.318. The smallest absolute Gasteiger partial charge is 0.239 e. The molecule has 2 aromatic heterocycles. The highest BCUT2D eigenvalue weighted by Gasteiger charge is 2.03. The minimum atomic E-state index is 0.318. The Kier molecular flexibility index (Phi) is 4.26. The van der Waals surface area contributed by atoms with Crippen molar-refractivity contribution in [2.24, 2.45) is 5.84 Å². The predicted molar refractivity (Wildman–Crippen MR) is 68.0 cm³/mol. The van der Waals surface area contributed by atoms with Crippen molar-refractivity contribution >= 4 is 23.4 Å². The van der Waals surface area contributed by atoms with Crippen LogP contribution in [0.3, 0.4) is 0 Å². The van der Waals surface area contributed by atoms with Crippen LogP contribution in [0.5, 0.6) is 0 Å². The molecule has 0 unspecified atom stereocenters. The molecule has 0 aliphatic rings. The van der Waals surface area contributed by atoms with Gasteiger partial charge in [0.15, 0.2) is 5.82 Å². The lowest BCUT2D eigenvalue weighted by Gasteiger charge is -2.08. The zero-order chi connectivity index (χ0) is 12.8. The summed E-state index contributed by atoms with van der Waals surface area (Å²) >= 11 is 5.95. The second-order valence-corrected chi connectivity index (χ2v) is 3.89. The number of nitrogen functional groups attached to an aromatic ring is 1. The summed E-state index contributed by atoms with van der Waals surface area (Å²) in [6, 6.07) is 0. The molecule has 0 saturated carbocycles. The number of anilines is 2. The number of halogens is 1. The fraction of sp³-hybridized carbons (Fsp3) is 0.333. The van der Waals surface area contributed by atoms with E-state index >= 15 is 0 Å². The fourth-order valence-corrected chi connectivity index (χ4v) is 1.52. The molecular formula is C9H13ClN8. The Labute approximate surface area is 109 Å². The van der Waals surface area contributed by atoms with E-state index in [1.54, 1.807) is 10.9 Å². The first-order chi connectivity index (χ1) is 8.79. The number of nitrogens with one attached hydrogen (secondary N) is 2. The number of nitrogens with zero attached hydrogens (tertiary/aromatic N) is 5. The molecule has 2 aromatic rings. The number of aryl methyl sites for hydroxylation is 1. The van der Waals surface area contributed by atoms with Crippen LogP contribution in [0.2, 0.25) is 5.02 Å². The van der Waals surface area contributed by atoms with Crippen molar-refractivity contribution in [1.29, 1.82) is 0 Å². The topological polar surface area (TPSA) is 107 Å². The molecule has 2 rings (SSSR count). The number of nitrogens with two attached hydrogens (primary N) is 1. The van der Waals surface area contributed by atoms with Crippen LogP contribution in [0.1, 0.15) is 6.42 Å². The molecule has 0 aromatic carbocycles. The van der Waals surface area contributed by atoms with Gasteiger partial charge in [-0.3, -0.25) is 10.1 Å². The monoisotopic (exact) mass is 268 g/mol. The van der Waals surface area contributed by atoms with Gasteiger partial charge < -0.3 is 5.32 Å². The van der Waals surface area contributed by atoms with E-state index < -0.39 is 0 Å². The zero-order valence-electron chi connectivity index (χ0n) is 9.54. The maximum Gasteiger partial charge on any atom is 0.239 e. The minimum Gasteiger partial charge on any atom is -0.369 e. The second-order valence-electron chi connectivity index (χ2n) is 3.48. The van der Waals surface area contributed by atoms with E-state index in [0.717, 1.165) is 13.0 Å². The van der Waals surface area contributed by atoms with Gasteiger partial charge in [-0.15, -0.1) is 5.10 Å². The SMILES string of the molecule is NNc1ncc(Cl)c(NCCCn2ccnn2)n1. The summed E-state index contributed by atoms with van der Waals surface area (Å²) < 4.78 is 1.76. The van der Waals surface area contributed by atoms with E-state index in [4.69, 9.17) is 17.4 Å². The maximum absolute atomic E-state index is 5.95. The van der Waals surface area contributed by atoms with E-state index in [2.05, 4.69) is 31.0 Å². The lowest BCUT2D eigenvalue weighted by Crippen LogP contribution is -2.13. The molecule has 2 heterocycles. The first-order valence-electron chi connectivity index (χ1n) is 5.36. The van der Waals surface area contributed by atoms with Gasteiger partial charge in [-0.2, -0.15) is 4.98 Å². The van der Waals surface area contributed by atoms with Crippen molar-refractivity contribution < 1.29 is 0 Å².